The van der Waals surface area contributed by atoms with Crippen molar-refractivity contribution in [3.8, 4) is 6.01 Å². The van der Waals surface area contributed by atoms with E-state index in [1.807, 2.05) is 0 Å². The van der Waals surface area contributed by atoms with Gasteiger partial charge in [-0.3, -0.25) is 9.69 Å². The third-order valence-corrected chi connectivity index (χ3v) is 5.65. The molecule has 7 nitrogen and oxygen atoms in total. The van der Waals surface area contributed by atoms with E-state index >= 15 is 0 Å². The quantitative estimate of drug-likeness (QED) is 0.703. The van der Waals surface area contributed by atoms with Crippen LogP contribution in [0.2, 0.25) is 0 Å². The van der Waals surface area contributed by atoms with Gasteiger partial charge in [-0.15, -0.1) is 0 Å². The molecule has 150 valence electrons. The average Bonchev–Trinajstić information content (AvgIpc) is 2.96. The van der Waals surface area contributed by atoms with Gasteiger partial charge in [-0.1, -0.05) is 13.3 Å². The van der Waals surface area contributed by atoms with Crippen molar-refractivity contribution >= 4 is 17.5 Å². The standard InChI is InChI=1S/C20H33N5O2/c1-4-5-11-27-20-22-18(21)16-12-17(26)25(19(16)23-20)10-8-15-7-6-9-24(13-15)14(2)3/h14-15H,4-13H2,1-3H3,(H2,21,22,23). The zero-order chi connectivity index (χ0) is 19.4. The molecular formula is C20H33N5O2. The van der Waals surface area contributed by atoms with Gasteiger partial charge >= 0.3 is 6.01 Å². The molecule has 2 N–H and O–H groups in total. The maximum Gasteiger partial charge on any atom is 0.320 e. The molecule has 2 aliphatic heterocycles. The number of carbonyl (C=O) groups excluding carboxylic acids is 1. The number of aromatic nitrogens is 2. The molecule has 0 bridgehead atoms. The van der Waals surface area contributed by atoms with Crippen LogP contribution >= 0.6 is 0 Å². The number of anilines is 2. The molecule has 7 heteroatoms. The zero-order valence-corrected chi connectivity index (χ0v) is 16.9. The minimum absolute atomic E-state index is 0.0632. The Morgan fingerprint density at radius 2 is 2.15 bits per heavy atom. The van der Waals surface area contributed by atoms with Crippen LogP contribution in [0.1, 0.15) is 58.4 Å². The molecule has 1 aromatic rings. The lowest BCUT2D eigenvalue weighted by Gasteiger charge is -2.36. The Hall–Kier alpha value is -1.89. The third kappa shape index (κ3) is 4.69. The number of ether oxygens (including phenoxy) is 1. The molecule has 0 radical (unpaired) electrons. The van der Waals surface area contributed by atoms with Crippen molar-refractivity contribution in [3.63, 3.8) is 0 Å². The van der Waals surface area contributed by atoms with Gasteiger partial charge in [0.1, 0.15) is 11.6 Å². The Morgan fingerprint density at radius 3 is 2.89 bits per heavy atom. The molecule has 3 heterocycles. The molecular weight excluding hydrogens is 342 g/mol. The van der Waals surface area contributed by atoms with E-state index < -0.39 is 0 Å². The van der Waals surface area contributed by atoms with Crippen molar-refractivity contribution in [1.82, 2.24) is 14.9 Å². The lowest BCUT2D eigenvalue weighted by atomic mass is 9.94. The second kappa shape index (κ2) is 8.87. The van der Waals surface area contributed by atoms with Gasteiger partial charge in [-0.05, 0) is 52.0 Å². The van der Waals surface area contributed by atoms with Crippen LogP contribution in [0.3, 0.4) is 0 Å². The van der Waals surface area contributed by atoms with Crippen LogP contribution in [-0.4, -0.2) is 53.1 Å². The zero-order valence-electron chi connectivity index (χ0n) is 16.9. The van der Waals surface area contributed by atoms with Gasteiger partial charge in [-0.2, -0.15) is 9.97 Å². The molecule has 1 saturated heterocycles. The maximum absolute atomic E-state index is 12.6. The molecule has 1 unspecified atom stereocenters. The molecule has 0 aliphatic carbocycles. The van der Waals surface area contributed by atoms with Crippen LogP contribution in [0.25, 0.3) is 0 Å². The number of nitrogens with two attached hydrogens (primary N) is 1. The fourth-order valence-electron chi connectivity index (χ4n) is 3.94. The molecule has 0 saturated carbocycles. The van der Waals surface area contributed by atoms with Crippen molar-refractivity contribution in [2.45, 2.75) is 65.3 Å². The highest BCUT2D eigenvalue weighted by molar-refractivity contribution is 6.01. The van der Waals surface area contributed by atoms with E-state index in [4.69, 9.17) is 10.5 Å². The molecule has 1 atom stereocenters. The second-order valence-electron chi connectivity index (χ2n) is 8.00. The highest BCUT2D eigenvalue weighted by Crippen LogP contribution is 2.33. The van der Waals surface area contributed by atoms with Crippen LogP contribution in [0.5, 0.6) is 6.01 Å². The van der Waals surface area contributed by atoms with E-state index in [-0.39, 0.29) is 11.9 Å². The number of likely N-dealkylation sites (tertiary alicyclic amines) is 1. The summed E-state index contributed by atoms with van der Waals surface area (Å²) in [7, 11) is 0. The minimum Gasteiger partial charge on any atom is -0.463 e. The van der Waals surface area contributed by atoms with Gasteiger partial charge in [0.15, 0.2) is 0 Å². The lowest BCUT2D eigenvalue weighted by molar-refractivity contribution is -0.117. The summed E-state index contributed by atoms with van der Waals surface area (Å²) in [6.07, 6.45) is 5.73. The first-order valence-corrected chi connectivity index (χ1v) is 10.3. The lowest BCUT2D eigenvalue weighted by Crippen LogP contribution is -2.41. The first kappa shape index (κ1) is 19.9. The van der Waals surface area contributed by atoms with Crippen molar-refractivity contribution in [2.75, 3.05) is 36.9 Å². The van der Waals surface area contributed by atoms with Crippen LogP contribution < -0.4 is 15.4 Å². The summed E-state index contributed by atoms with van der Waals surface area (Å²) >= 11 is 0. The summed E-state index contributed by atoms with van der Waals surface area (Å²) in [6.45, 7) is 10.2. The van der Waals surface area contributed by atoms with Gasteiger partial charge in [0.05, 0.1) is 13.0 Å². The van der Waals surface area contributed by atoms with E-state index in [2.05, 4.69) is 35.6 Å². The monoisotopic (exact) mass is 375 g/mol. The Morgan fingerprint density at radius 1 is 1.33 bits per heavy atom. The van der Waals surface area contributed by atoms with Gasteiger partial charge in [0.2, 0.25) is 5.91 Å². The van der Waals surface area contributed by atoms with Crippen molar-refractivity contribution in [3.05, 3.63) is 5.56 Å². The normalized spacial score (nSPS) is 20.4. The van der Waals surface area contributed by atoms with Crippen molar-refractivity contribution in [2.24, 2.45) is 5.92 Å². The van der Waals surface area contributed by atoms with Crippen molar-refractivity contribution < 1.29 is 9.53 Å². The Bertz CT molecular complexity index is 664. The fourth-order valence-corrected chi connectivity index (χ4v) is 3.94. The number of hydrogen-bond donors (Lipinski definition) is 1. The minimum atomic E-state index is 0.0632. The highest BCUT2D eigenvalue weighted by atomic mass is 16.5. The number of nitrogens with zero attached hydrogens (tertiary/aromatic N) is 4. The molecule has 1 fully saturated rings. The number of carbonyl (C=O) groups is 1. The number of amides is 1. The number of piperidine rings is 1. The van der Waals surface area contributed by atoms with Crippen LogP contribution in [-0.2, 0) is 11.2 Å². The summed E-state index contributed by atoms with van der Waals surface area (Å²) in [5, 5.41) is 0. The summed E-state index contributed by atoms with van der Waals surface area (Å²) in [5.74, 6) is 1.70. The number of unbranched alkanes of at least 4 members (excludes halogenated alkanes) is 1. The van der Waals surface area contributed by atoms with E-state index in [9.17, 15) is 4.79 Å². The van der Waals surface area contributed by atoms with Crippen LogP contribution in [0, 0.1) is 5.92 Å². The Labute approximate surface area is 162 Å². The summed E-state index contributed by atoms with van der Waals surface area (Å²) in [4.78, 5) is 25.6. The predicted molar refractivity (Wildman–Crippen MR) is 107 cm³/mol. The number of nitrogen functional groups attached to an aromatic ring is 1. The molecule has 1 amide bonds. The molecule has 27 heavy (non-hydrogen) atoms. The Balaban J connectivity index is 1.66. The smallest absolute Gasteiger partial charge is 0.320 e. The summed E-state index contributed by atoms with van der Waals surface area (Å²) in [5.41, 5.74) is 6.82. The number of hydrogen-bond acceptors (Lipinski definition) is 6. The average molecular weight is 376 g/mol. The van der Waals surface area contributed by atoms with Crippen molar-refractivity contribution in [1.29, 1.82) is 0 Å². The first-order valence-electron chi connectivity index (χ1n) is 10.3. The maximum atomic E-state index is 12.6. The number of rotatable bonds is 8. The topological polar surface area (TPSA) is 84.6 Å². The van der Waals surface area contributed by atoms with E-state index in [0.717, 1.165) is 31.4 Å². The fraction of sp³-hybridized carbons (Fsp3) is 0.750. The van der Waals surface area contributed by atoms with Gasteiger partial charge in [0.25, 0.3) is 0 Å². The van der Waals surface area contributed by atoms with Crippen LogP contribution in [0.15, 0.2) is 0 Å². The molecule has 1 aromatic heterocycles. The number of fused-ring (bicyclic) bond motifs is 1. The van der Waals surface area contributed by atoms with Crippen LogP contribution in [0.4, 0.5) is 11.6 Å². The summed E-state index contributed by atoms with van der Waals surface area (Å²) < 4.78 is 5.62. The third-order valence-electron chi connectivity index (χ3n) is 5.65. The van der Waals surface area contributed by atoms with E-state index in [0.29, 0.717) is 43.2 Å². The highest BCUT2D eigenvalue weighted by Gasteiger charge is 2.33. The van der Waals surface area contributed by atoms with E-state index in [1.165, 1.54) is 19.4 Å². The predicted octanol–water partition coefficient (Wildman–Crippen LogP) is 2.64. The summed E-state index contributed by atoms with van der Waals surface area (Å²) in [6, 6.07) is 0.861. The molecule has 0 aromatic carbocycles. The van der Waals surface area contributed by atoms with Gasteiger partial charge in [-0.25, -0.2) is 0 Å². The largest absolute Gasteiger partial charge is 0.463 e. The first-order chi connectivity index (χ1) is 13.0. The molecule has 2 aliphatic rings. The second-order valence-corrected chi connectivity index (χ2v) is 8.00. The van der Waals surface area contributed by atoms with Gasteiger partial charge < -0.3 is 15.4 Å². The van der Waals surface area contributed by atoms with E-state index in [1.54, 1.807) is 4.90 Å². The molecule has 0 spiro atoms. The SMILES string of the molecule is CCCCOc1nc(N)c2c(n1)N(CCC1CCCN(C(C)C)C1)C(=O)C2. The molecule has 3 rings (SSSR count). The van der Waals surface area contributed by atoms with Gasteiger partial charge in [0, 0.05) is 24.7 Å². The Kier molecular flexibility index (Phi) is 6.52.